The summed E-state index contributed by atoms with van der Waals surface area (Å²) in [7, 11) is 0. The molecule has 3 rings (SSSR count). The summed E-state index contributed by atoms with van der Waals surface area (Å²) in [6.07, 6.45) is 8.85. The normalized spacial score (nSPS) is 19.5. The van der Waals surface area contributed by atoms with E-state index in [4.69, 9.17) is 0 Å². The number of anilines is 1. The SMILES string of the molecule is O=C(NCc1ccnc(N2CCCCCC2)c1)NCC1(CO)CC1. The molecule has 2 fully saturated rings. The van der Waals surface area contributed by atoms with Gasteiger partial charge in [-0.25, -0.2) is 9.78 Å². The number of rotatable bonds is 6. The Balaban J connectivity index is 1.48. The zero-order valence-corrected chi connectivity index (χ0v) is 14.3. The van der Waals surface area contributed by atoms with Gasteiger partial charge < -0.3 is 20.6 Å². The van der Waals surface area contributed by atoms with E-state index in [0.29, 0.717) is 13.1 Å². The van der Waals surface area contributed by atoms with Gasteiger partial charge >= 0.3 is 6.03 Å². The first kappa shape index (κ1) is 17.0. The Bertz CT molecular complexity index is 552. The summed E-state index contributed by atoms with van der Waals surface area (Å²) in [5, 5.41) is 15.0. The summed E-state index contributed by atoms with van der Waals surface area (Å²) < 4.78 is 0. The predicted octanol–water partition coefficient (Wildman–Crippen LogP) is 2.03. The lowest BCUT2D eigenvalue weighted by atomic mass is 10.1. The van der Waals surface area contributed by atoms with Crippen LogP contribution in [-0.2, 0) is 6.54 Å². The fourth-order valence-electron chi connectivity index (χ4n) is 3.12. The highest BCUT2D eigenvalue weighted by Crippen LogP contribution is 2.44. The second-order valence-electron chi connectivity index (χ2n) is 7.12. The smallest absolute Gasteiger partial charge is 0.315 e. The van der Waals surface area contributed by atoms with Crippen molar-refractivity contribution in [2.24, 2.45) is 5.41 Å². The van der Waals surface area contributed by atoms with Crippen molar-refractivity contribution in [3.8, 4) is 0 Å². The van der Waals surface area contributed by atoms with Crippen molar-refractivity contribution in [1.82, 2.24) is 15.6 Å². The topological polar surface area (TPSA) is 77.5 Å². The van der Waals surface area contributed by atoms with Gasteiger partial charge in [0.25, 0.3) is 0 Å². The first-order valence-electron chi connectivity index (χ1n) is 9.03. The first-order chi connectivity index (χ1) is 11.7. The van der Waals surface area contributed by atoms with E-state index in [1.165, 1.54) is 25.7 Å². The van der Waals surface area contributed by atoms with E-state index >= 15 is 0 Å². The molecule has 0 radical (unpaired) electrons. The average Bonchev–Trinajstić information content (AvgIpc) is 3.42. The van der Waals surface area contributed by atoms with Gasteiger partial charge in [0, 0.05) is 37.8 Å². The quantitative estimate of drug-likeness (QED) is 0.745. The number of amides is 2. The summed E-state index contributed by atoms with van der Waals surface area (Å²) in [6.45, 7) is 3.31. The Morgan fingerprint density at radius 1 is 1.21 bits per heavy atom. The number of hydrogen-bond acceptors (Lipinski definition) is 4. The maximum absolute atomic E-state index is 11.9. The van der Waals surface area contributed by atoms with E-state index in [0.717, 1.165) is 37.3 Å². The maximum Gasteiger partial charge on any atom is 0.315 e. The van der Waals surface area contributed by atoms with Crippen molar-refractivity contribution >= 4 is 11.8 Å². The minimum atomic E-state index is -0.178. The number of carbonyl (C=O) groups excluding carboxylic acids is 1. The van der Waals surface area contributed by atoms with E-state index in [-0.39, 0.29) is 18.1 Å². The third kappa shape index (κ3) is 4.60. The van der Waals surface area contributed by atoms with Crippen LogP contribution in [0.4, 0.5) is 10.6 Å². The van der Waals surface area contributed by atoms with Gasteiger partial charge in [-0.3, -0.25) is 0 Å². The van der Waals surface area contributed by atoms with Crippen LogP contribution < -0.4 is 15.5 Å². The molecule has 24 heavy (non-hydrogen) atoms. The molecule has 1 saturated heterocycles. The molecule has 0 atom stereocenters. The zero-order chi connectivity index (χ0) is 16.8. The van der Waals surface area contributed by atoms with E-state index in [9.17, 15) is 9.90 Å². The van der Waals surface area contributed by atoms with Crippen LogP contribution in [0.1, 0.15) is 44.1 Å². The van der Waals surface area contributed by atoms with Crippen LogP contribution in [0.2, 0.25) is 0 Å². The van der Waals surface area contributed by atoms with Crippen molar-refractivity contribution in [1.29, 1.82) is 0 Å². The molecule has 132 valence electrons. The lowest BCUT2D eigenvalue weighted by Crippen LogP contribution is -2.39. The standard InChI is InChI=1S/C18H28N4O2/c23-14-18(6-7-18)13-21-17(24)20-12-15-5-8-19-16(11-15)22-9-3-1-2-4-10-22/h5,8,11,23H,1-4,6-7,9-10,12-14H2,(H2,20,21,24). The number of aliphatic hydroxyl groups excluding tert-OH is 1. The number of hydrogen-bond donors (Lipinski definition) is 3. The summed E-state index contributed by atoms with van der Waals surface area (Å²) in [4.78, 5) is 18.7. The highest BCUT2D eigenvalue weighted by Gasteiger charge is 2.42. The van der Waals surface area contributed by atoms with Crippen molar-refractivity contribution in [3.63, 3.8) is 0 Å². The molecule has 1 aromatic heterocycles. The third-order valence-electron chi connectivity index (χ3n) is 5.11. The second kappa shape index (κ2) is 7.83. The van der Waals surface area contributed by atoms with Gasteiger partial charge in [0.05, 0.1) is 6.61 Å². The molecule has 6 nitrogen and oxygen atoms in total. The highest BCUT2D eigenvalue weighted by atomic mass is 16.3. The Morgan fingerprint density at radius 3 is 2.62 bits per heavy atom. The molecule has 0 aromatic carbocycles. The van der Waals surface area contributed by atoms with Gasteiger partial charge in [0.1, 0.15) is 5.82 Å². The second-order valence-corrected chi connectivity index (χ2v) is 7.12. The van der Waals surface area contributed by atoms with Crippen molar-refractivity contribution in [3.05, 3.63) is 23.9 Å². The van der Waals surface area contributed by atoms with Gasteiger partial charge in [-0.15, -0.1) is 0 Å². The average molecular weight is 332 g/mol. The van der Waals surface area contributed by atoms with Gasteiger partial charge in [-0.05, 0) is 43.4 Å². The zero-order valence-electron chi connectivity index (χ0n) is 14.3. The number of nitrogens with one attached hydrogen (secondary N) is 2. The van der Waals surface area contributed by atoms with Crippen LogP contribution in [0.5, 0.6) is 0 Å². The number of nitrogens with zero attached hydrogens (tertiary/aromatic N) is 2. The fraction of sp³-hybridized carbons (Fsp3) is 0.667. The summed E-state index contributed by atoms with van der Waals surface area (Å²) >= 11 is 0. The molecule has 2 amide bonds. The molecule has 1 aromatic rings. The van der Waals surface area contributed by atoms with Crippen LogP contribution in [0.3, 0.4) is 0 Å². The van der Waals surface area contributed by atoms with Crippen molar-refractivity contribution < 1.29 is 9.90 Å². The molecule has 1 aliphatic heterocycles. The number of pyridine rings is 1. The monoisotopic (exact) mass is 332 g/mol. The number of carbonyl (C=O) groups is 1. The van der Waals surface area contributed by atoms with Gasteiger partial charge in [-0.2, -0.15) is 0 Å². The van der Waals surface area contributed by atoms with Gasteiger partial charge in [-0.1, -0.05) is 12.8 Å². The molecule has 1 aliphatic carbocycles. The Hall–Kier alpha value is -1.82. The van der Waals surface area contributed by atoms with E-state index in [1.54, 1.807) is 0 Å². The van der Waals surface area contributed by atoms with Crippen LogP contribution in [-0.4, -0.2) is 42.4 Å². The van der Waals surface area contributed by atoms with Crippen LogP contribution in [0, 0.1) is 5.41 Å². The molecule has 0 unspecified atom stereocenters. The lowest BCUT2D eigenvalue weighted by molar-refractivity contribution is 0.203. The highest BCUT2D eigenvalue weighted by molar-refractivity contribution is 5.73. The molecule has 0 bridgehead atoms. The minimum Gasteiger partial charge on any atom is -0.396 e. The molecular weight excluding hydrogens is 304 g/mol. The molecule has 0 spiro atoms. The molecular formula is C18H28N4O2. The Kier molecular flexibility index (Phi) is 5.56. The van der Waals surface area contributed by atoms with Crippen LogP contribution in [0.25, 0.3) is 0 Å². The molecule has 3 N–H and O–H groups in total. The Morgan fingerprint density at radius 2 is 1.96 bits per heavy atom. The number of aromatic nitrogens is 1. The van der Waals surface area contributed by atoms with Crippen LogP contribution in [0.15, 0.2) is 18.3 Å². The summed E-state index contributed by atoms with van der Waals surface area (Å²) in [5.41, 5.74) is 0.996. The molecule has 2 heterocycles. The maximum atomic E-state index is 11.9. The van der Waals surface area contributed by atoms with Gasteiger partial charge in [0.2, 0.25) is 0 Å². The number of aliphatic hydroxyl groups is 1. The molecule has 6 heteroatoms. The first-order valence-corrected chi connectivity index (χ1v) is 9.03. The van der Waals surface area contributed by atoms with E-state index in [1.807, 2.05) is 12.3 Å². The number of urea groups is 1. The van der Waals surface area contributed by atoms with Gasteiger partial charge in [0.15, 0.2) is 0 Å². The van der Waals surface area contributed by atoms with Crippen molar-refractivity contribution in [2.45, 2.75) is 45.1 Å². The fourth-order valence-corrected chi connectivity index (χ4v) is 3.12. The Labute approximate surface area is 143 Å². The van der Waals surface area contributed by atoms with Crippen LogP contribution >= 0.6 is 0 Å². The largest absolute Gasteiger partial charge is 0.396 e. The van der Waals surface area contributed by atoms with Crippen molar-refractivity contribution in [2.75, 3.05) is 31.1 Å². The van der Waals surface area contributed by atoms with E-state index in [2.05, 4.69) is 26.6 Å². The third-order valence-corrected chi connectivity index (χ3v) is 5.11. The summed E-state index contributed by atoms with van der Waals surface area (Å²) in [6, 6.07) is 3.84. The predicted molar refractivity (Wildman–Crippen MR) is 93.9 cm³/mol. The lowest BCUT2D eigenvalue weighted by Gasteiger charge is -2.21. The molecule has 2 aliphatic rings. The van der Waals surface area contributed by atoms with E-state index < -0.39 is 0 Å². The molecule has 1 saturated carbocycles. The summed E-state index contributed by atoms with van der Waals surface area (Å²) in [5.74, 6) is 1.01. The minimum absolute atomic E-state index is 0.0616.